The third kappa shape index (κ3) is 4.38. The van der Waals surface area contributed by atoms with Crippen molar-refractivity contribution in [3.63, 3.8) is 0 Å². The van der Waals surface area contributed by atoms with Gasteiger partial charge in [0.25, 0.3) is 5.91 Å². The predicted molar refractivity (Wildman–Crippen MR) is 142 cm³/mol. The number of carbonyl (C=O) groups is 1. The summed E-state index contributed by atoms with van der Waals surface area (Å²) in [7, 11) is 1.73. The van der Waals surface area contributed by atoms with Gasteiger partial charge in [-0.3, -0.25) is 4.79 Å². The first-order chi connectivity index (χ1) is 17.6. The Morgan fingerprint density at radius 1 is 1.11 bits per heavy atom. The highest BCUT2D eigenvalue weighted by atomic mass is 16.5. The number of carbonyl (C=O) groups excluding carboxylic acids is 1. The second-order valence-electron chi connectivity index (χ2n) is 10.4. The van der Waals surface area contributed by atoms with Crippen LogP contribution in [0.3, 0.4) is 0 Å². The number of hydrogen-bond donors (Lipinski definition) is 3. The van der Waals surface area contributed by atoms with Crippen molar-refractivity contribution in [1.29, 1.82) is 0 Å². The van der Waals surface area contributed by atoms with E-state index in [1.54, 1.807) is 25.3 Å². The standard InChI is InChI=1S/C29H34N4O3/c1-36-23-16-21(33(18-23)29(35)28-15-20-14-22(34)6-7-26(20)31-28)10-13-32-11-8-19(9-12-32)25-17-30-27-5-3-2-4-24(25)27/h2-7,14-15,17,19,21,23,30-31,34H,8-13,16,18H2,1H3. The van der Waals surface area contributed by atoms with Gasteiger partial charge in [-0.15, -0.1) is 0 Å². The van der Waals surface area contributed by atoms with Gasteiger partial charge in [-0.25, -0.2) is 0 Å². The van der Waals surface area contributed by atoms with Crippen LogP contribution in [0.1, 0.15) is 47.7 Å². The number of ether oxygens (including phenoxy) is 1. The van der Waals surface area contributed by atoms with Gasteiger partial charge in [0.05, 0.1) is 6.10 Å². The summed E-state index contributed by atoms with van der Waals surface area (Å²) in [4.78, 5) is 24.7. The van der Waals surface area contributed by atoms with Crippen LogP contribution in [0.4, 0.5) is 0 Å². The van der Waals surface area contributed by atoms with Gasteiger partial charge in [-0.1, -0.05) is 18.2 Å². The quantitative estimate of drug-likeness (QED) is 0.364. The van der Waals surface area contributed by atoms with E-state index in [0.29, 0.717) is 18.2 Å². The van der Waals surface area contributed by atoms with E-state index in [4.69, 9.17) is 4.74 Å². The summed E-state index contributed by atoms with van der Waals surface area (Å²) in [6, 6.07) is 15.7. The fourth-order valence-electron chi connectivity index (χ4n) is 6.19. The molecule has 2 saturated heterocycles. The average molecular weight is 487 g/mol. The van der Waals surface area contributed by atoms with Crippen LogP contribution in [0, 0.1) is 0 Å². The number of nitrogens with one attached hydrogen (secondary N) is 2. The zero-order valence-electron chi connectivity index (χ0n) is 20.7. The number of piperidine rings is 1. The normalized spacial score (nSPS) is 21.6. The number of aromatic hydroxyl groups is 1. The van der Waals surface area contributed by atoms with Crippen molar-refractivity contribution in [1.82, 2.24) is 19.8 Å². The van der Waals surface area contributed by atoms with Crippen molar-refractivity contribution in [2.45, 2.75) is 43.7 Å². The Morgan fingerprint density at radius 2 is 1.94 bits per heavy atom. The number of aromatic nitrogens is 2. The van der Waals surface area contributed by atoms with E-state index in [1.807, 2.05) is 11.0 Å². The molecule has 2 aromatic carbocycles. The minimum Gasteiger partial charge on any atom is -0.508 e. The summed E-state index contributed by atoms with van der Waals surface area (Å²) in [5, 5.41) is 12.0. The van der Waals surface area contributed by atoms with Crippen LogP contribution in [0.25, 0.3) is 21.8 Å². The van der Waals surface area contributed by atoms with Gasteiger partial charge in [0.2, 0.25) is 0 Å². The van der Waals surface area contributed by atoms with E-state index < -0.39 is 0 Å². The van der Waals surface area contributed by atoms with E-state index in [-0.39, 0.29) is 23.8 Å². The highest BCUT2D eigenvalue weighted by molar-refractivity contribution is 5.98. The largest absolute Gasteiger partial charge is 0.508 e. The van der Waals surface area contributed by atoms with Crippen LogP contribution < -0.4 is 0 Å². The molecule has 7 heteroatoms. The number of aromatic amines is 2. The lowest BCUT2D eigenvalue weighted by molar-refractivity contribution is 0.0671. The van der Waals surface area contributed by atoms with Crippen molar-refractivity contribution in [2.75, 3.05) is 33.3 Å². The van der Waals surface area contributed by atoms with Gasteiger partial charge in [0.15, 0.2) is 0 Å². The Bertz CT molecular complexity index is 1370. The number of para-hydroxylation sites is 1. The van der Waals surface area contributed by atoms with Gasteiger partial charge in [0, 0.05) is 54.2 Å². The van der Waals surface area contributed by atoms with Gasteiger partial charge in [0.1, 0.15) is 11.4 Å². The highest BCUT2D eigenvalue weighted by Crippen LogP contribution is 2.34. The lowest BCUT2D eigenvalue weighted by atomic mass is 9.89. The molecule has 7 nitrogen and oxygen atoms in total. The fourth-order valence-corrected chi connectivity index (χ4v) is 6.19. The molecule has 0 aliphatic carbocycles. The Hall–Kier alpha value is -3.29. The summed E-state index contributed by atoms with van der Waals surface area (Å²) < 4.78 is 5.66. The molecule has 36 heavy (non-hydrogen) atoms. The number of benzene rings is 2. The molecule has 188 valence electrons. The number of rotatable bonds is 6. The van der Waals surface area contributed by atoms with Crippen LogP contribution in [0.15, 0.2) is 54.7 Å². The van der Waals surface area contributed by atoms with E-state index >= 15 is 0 Å². The van der Waals surface area contributed by atoms with Crippen LogP contribution in [-0.4, -0.2) is 76.2 Å². The molecule has 0 radical (unpaired) electrons. The minimum atomic E-state index is 0.00767. The molecule has 2 fully saturated rings. The second kappa shape index (κ2) is 9.64. The topological polar surface area (TPSA) is 84.6 Å². The van der Waals surface area contributed by atoms with Crippen LogP contribution >= 0.6 is 0 Å². The van der Waals surface area contributed by atoms with Crippen molar-refractivity contribution in [3.8, 4) is 5.75 Å². The van der Waals surface area contributed by atoms with Crippen molar-refractivity contribution in [3.05, 3.63) is 66.0 Å². The van der Waals surface area contributed by atoms with E-state index in [2.05, 4.69) is 45.3 Å². The zero-order valence-corrected chi connectivity index (χ0v) is 20.7. The molecule has 2 aromatic heterocycles. The molecule has 2 atom stereocenters. The molecule has 4 aromatic rings. The Balaban J connectivity index is 1.09. The molecular formula is C29H34N4O3. The molecule has 2 unspecified atom stereocenters. The molecule has 0 bridgehead atoms. The zero-order chi connectivity index (χ0) is 24.6. The number of methoxy groups -OCH3 is 1. The summed E-state index contributed by atoms with van der Waals surface area (Å²) in [5.41, 5.74) is 4.10. The number of nitrogens with zero attached hydrogens (tertiary/aromatic N) is 2. The van der Waals surface area contributed by atoms with E-state index in [0.717, 1.165) is 56.2 Å². The minimum absolute atomic E-state index is 0.00767. The third-order valence-corrected chi connectivity index (χ3v) is 8.23. The molecule has 3 N–H and O–H groups in total. The number of phenolic OH excluding ortho intramolecular Hbond substituents is 1. The molecule has 0 spiro atoms. The van der Waals surface area contributed by atoms with Crippen LogP contribution in [0.5, 0.6) is 5.75 Å². The van der Waals surface area contributed by atoms with Gasteiger partial charge >= 0.3 is 0 Å². The predicted octanol–water partition coefficient (Wildman–Crippen LogP) is 4.85. The molecule has 2 aliphatic rings. The summed E-state index contributed by atoms with van der Waals surface area (Å²) in [5.74, 6) is 0.807. The van der Waals surface area contributed by atoms with E-state index in [9.17, 15) is 9.90 Å². The maximum absolute atomic E-state index is 13.5. The van der Waals surface area contributed by atoms with Crippen molar-refractivity contribution in [2.24, 2.45) is 0 Å². The Kier molecular flexibility index (Phi) is 6.19. The molecule has 0 saturated carbocycles. The summed E-state index contributed by atoms with van der Waals surface area (Å²) in [6.07, 6.45) is 6.41. The first-order valence-electron chi connectivity index (χ1n) is 13.0. The summed E-state index contributed by atoms with van der Waals surface area (Å²) in [6.45, 7) is 3.78. The molecule has 2 aliphatic heterocycles. The number of phenols is 1. The lowest BCUT2D eigenvalue weighted by Gasteiger charge is -2.33. The molecule has 6 rings (SSSR count). The fraction of sp³-hybridized carbons (Fsp3) is 0.414. The first kappa shape index (κ1) is 23.1. The first-order valence-corrected chi connectivity index (χ1v) is 13.0. The Labute approximate surface area is 211 Å². The lowest BCUT2D eigenvalue weighted by Crippen LogP contribution is -2.40. The van der Waals surface area contributed by atoms with Crippen LogP contribution in [-0.2, 0) is 4.74 Å². The number of hydrogen-bond acceptors (Lipinski definition) is 4. The maximum atomic E-state index is 13.5. The Morgan fingerprint density at radius 3 is 2.78 bits per heavy atom. The number of likely N-dealkylation sites (tertiary alicyclic amines) is 2. The maximum Gasteiger partial charge on any atom is 0.270 e. The highest BCUT2D eigenvalue weighted by Gasteiger charge is 2.36. The van der Waals surface area contributed by atoms with Crippen molar-refractivity contribution >= 4 is 27.7 Å². The molecule has 1 amide bonds. The average Bonchev–Trinajstić information content (AvgIpc) is 3.63. The molecular weight excluding hydrogens is 452 g/mol. The SMILES string of the molecule is COC1CC(CCN2CCC(c3c[nH]c4ccccc34)CC2)N(C(=O)c2cc3cc(O)ccc3[nH]2)C1. The summed E-state index contributed by atoms with van der Waals surface area (Å²) >= 11 is 0. The second-order valence-corrected chi connectivity index (χ2v) is 10.4. The smallest absolute Gasteiger partial charge is 0.270 e. The molecule has 4 heterocycles. The van der Waals surface area contributed by atoms with Gasteiger partial charge in [-0.2, -0.15) is 0 Å². The van der Waals surface area contributed by atoms with Gasteiger partial charge in [-0.05, 0) is 80.6 Å². The monoisotopic (exact) mass is 486 g/mol. The van der Waals surface area contributed by atoms with E-state index in [1.165, 1.54) is 16.5 Å². The number of H-pyrrole nitrogens is 2. The van der Waals surface area contributed by atoms with Crippen molar-refractivity contribution < 1.29 is 14.6 Å². The van der Waals surface area contributed by atoms with Crippen LogP contribution in [0.2, 0.25) is 0 Å². The number of fused-ring (bicyclic) bond motifs is 2. The van der Waals surface area contributed by atoms with Gasteiger partial charge < -0.3 is 29.6 Å². The third-order valence-electron chi connectivity index (χ3n) is 8.23. The number of amides is 1.